The van der Waals surface area contributed by atoms with Crippen LogP contribution in [0.4, 0.5) is 4.79 Å². The van der Waals surface area contributed by atoms with Crippen molar-refractivity contribution in [2.45, 2.75) is 39.3 Å². The second kappa shape index (κ2) is 8.03. The van der Waals surface area contributed by atoms with E-state index in [1.165, 1.54) is 5.56 Å². The minimum Gasteiger partial charge on any atom is -0.338 e. The number of hydrogen-bond donors (Lipinski definition) is 2. The third-order valence-corrected chi connectivity index (χ3v) is 3.93. The van der Waals surface area contributed by atoms with Crippen molar-refractivity contribution < 1.29 is 4.79 Å². The summed E-state index contributed by atoms with van der Waals surface area (Å²) in [5.41, 5.74) is 1.38. The molecule has 1 aromatic rings. The molecule has 1 aliphatic rings. The van der Waals surface area contributed by atoms with Crippen LogP contribution in [-0.4, -0.2) is 36.6 Å². The maximum Gasteiger partial charge on any atom is 0.314 e. The number of amides is 2. The van der Waals surface area contributed by atoms with E-state index in [1.807, 2.05) is 13.8 Å². The van der Waals surface area contributed by atoms with E-state index in [0.717, 1.165) is 39.0 Å². The average Bonchev–Trinajstić information content (AvgIpc) is 2.47. The van der Waals surface area contributed by atoms with Gasteiger partial charge in [-0.1, -0.05) is 30.3 Å². The van der Waals surface area contributed by atoms with Gasteiger partial charge in [0.25, 0.3) is 0 Å². The normalized spacial score (nSPS) is 16.9. The number of carbonyl (C=O) groups excluding carboxylic acids is 1. The summed E-state index contributed by atoms with van der Waals surface area (Å²) in [6.45, 7) is 8.01. The highest BCUT2D eigenvalue weighted by atomic mass is 16.2. The minimum atomic E-state index is -0.0447. The topological polar surface area (TPSA) is 44.4 Å². The fourth-order valence-corrected chi connectivity index (χ4v) is 2.74. The third-order valence-electron chi connectivity index (χ3n) is 3.93. The quantitative estimate of drug-likeness (QED) is 0.875. The highest BCUT2D eigenvalue weighted by molar-refractivity contribution is 5.74. The minimum absolute atomic E-state index is 0.0447. The second-order valence-electron chi connectivity index (χ2n) is 6.21. The number of piperidine rings is 1. The first-order chi connectivity index (χ1) is 10.1. The zero-order valence-corrected chi connectivity index (χ0v) is 13.1. The molecule has 1 fully saturated rings. The summed E-state index contributed by atoms with van der Waals surface area (Å²) in [6, 6.07) is 10.8. The van der Waals surface area contributed by atoms with E-state index >= 15 is 0 Å². The summed E-state index contributed by atoms with van der Waals surface area (Å²) in [6.07, 6.45) is 2.32. The lowest BCUT2D eigenvalue weighted by Gasteiger charge is -2.32. The predicted molar refractivity (Wildman–Crippen MR) is 86.1 cm³/mol. The van der Waals surface area contributed by atoms with Crippen LogP contribution in [0.1, 0.15) is 32.3 Å². The number of nitrogens with one attached hydrogen (secondary N) is 2. The molecule has 0 bridgehead atoms. The van der Waals surface area contributed by atoms with Crippen LogP contribution in [0.15, 0.2) is 30.3 Å². The summed E-state index contributed by atoms with van der Waals surface area (Å²) < 4.78 is 0. The van der Waals surface area contributed by atoms with Gasteiger partial charge in [-0.15, -0.1) is 0 Å². The molecule has 1 heterocycles. The maximum absolute atomic E-state index is 11.6. The molecule has 116 valence electrons. The maximum atomic E-state index is 11.6. The van der Waals surface area contributed by atoms with Crippen molar-refractivity contribution in [2.75, 3.05) is 19.6 Å². The first-order valence-corrected chi connectivity index (χ1v) is 7.94. The molecule has 0 aliphatic carbocycles. The van der Waals surface area contributed by atoms with E-state index in [0.29, 0.717) is 5.92 Å². The Morgan fingerprint density at radius 1 is 1.24 bits per heavy atom. The molecule has 0 atom stereocenters. The molecule has 1 aromatic carbocycles. The number of carbonyl (C=O) groups is 1. The first kappa shape index (κ1) is 15.8. The first-order valence-electron chi connectivity index (χ1n) is 7.94. The fraction of sp³-hybridized carbons (Fsp3) is 0.588. The van der Waals surface area contributed by atoms with Crippen molar-refractivity contribution in [1.82, 2.24) is 15.5 Å². The molecule has 2 N–H and O–H groups in total. The van der Waals surface area contributed by atoms with Crippen LogP contribution in [0.3, 0.4) is 0 Å². The van der Waals surface area contributed by atoms with Gasteiger partial charge in [-0.3, -0.25) is 4.90 Å². The molecule has 4 heteroatoms. The lowest BCUT2D eigenvalue weighted by Crippen LogP contribution is -2.43. The van der Waals surface area contributed by atoms with E-state index in [-0.39, 0.29) is 12.1 Å². The summed E-state index contributed by atoms with van der Waals surface area (Å²) in [7, 11) is 0. The van der Waals surface area contributed by atoms with Gasteiger partial charge >= 0.3 is 6.03 Å². The number of nitrogens with zero attached hydrogens (tertiary/aromatic N) is 1. The molecule has 1 aliphatic heterocycles. The van der Waals surface area contributed by atoms with Crippen molar-refractivity contribution in [1.29, 1.82) is 0 Å². The molecule has 0 radical (unpaired) electrons. The lowest BCUT2D eigenvalue weighted by molar-refractivity contribution is 0.174. The number of rotatable bonds is 5. The average molecular weight is 289 g/mol. The molecule has 0 unspecified atom stereocenters. The summed E-state index contributed by atoms with van der Waals surface area (Å²) >= 11 is 0. The van der Waals surface area contributed by atoms with Gasteiger partial charge in [0.15, 0.2) is 0 Å². The van der Waals surface area contributed by atoms with Gasteiger partial charge in [0.1, 0.15) is 0 Å². The van der Waals surface area contributed by atoms with Crippen molar-refractivity contribution in [2.24, 2.45) is 5.92 Å². The van der Waals surface area contributed by atoms with E-state index < -0.39 is 0 Å². The summed E-state index contributed by atoms with van der Waals surface area (Å²) in [5.74, 6) is 0.606. The molecular weight excluding hydrogens is 262 g/mol. The Morgan fingerprint density at radius 3 is 2.52 bits per heavy atom. The summed E-state index contributed by atoms with van der Waals surface area (Å²) in [4.78, 5) is 14.1. The standard InChI is InChI=1S/C17H27N3O/c1-14(2)19-17(21)18-12-15-8-10-20(11-9-15)13-16-6-4-3-5-7-16/h3-7,14-15H,8-13H2,1-2H3,(H2,18,19,21). The molecule has 0 spiro atoms. The van der Waals surface area contributed by atoms with E-state index in [2.05, 4.69) is 45.9 Å². The van der Waals surface area contributed by atoms with Gasteiger partial charge in [-0.2, -0.15) is 0 Å². The van der Waals surface area contributed by atoms with Crippen molar-refractivity contribution in [3.8, 4) is 0 Å². The Balaban J connectivity index is 1.65. The molecule has 4 nitrogen and oxygen atoms in total. The molecule has 0 saturated carbocycles. The Bertz CT molecular complexity index is 425. The van der Waals surface area contributed by atoms with E-state index in [9.17, 15) is 4.79 Å². The van der Waals surface area contributed by atoms with Gasteiger partial charge in [0.2, 0.25) is 0 Å². The molecule has 2 rings (SSSR count). The third kappa shape index (κ3) is 5.76. The van der Waals surface area contributed by atoms with Crippen LogP contribution >= 0.6 is 0 Å². The van der Waals surface area contributed by atoms with E-state index in [4.69, 9.17) is 0 Å². The number of benzene rings is 1. The molecule has 2 amide bonds. The zero-order chi connectivity index (χ0) is 15.1. The fourth-order valence-electron chi connectivity index (χ4n) is 2.74. The highest BCUT2D eigenvalue weighted by Crippen LogP contribution is 2.18. The molecule has 0 aromatic heterocycles. The van der Waals surface area contributed by atoms with Crippen molar-refractivity contribution in [3.63, 3.8) is 0 Å². The lowest BCUT2D eigenvalue weighted by atomic mass is 9.96. The van der Waals surface area contributed by atoms with Gasteiger partial charge in [0.05, 0.1) is 0 Å². The van der Waals surface area contributed by atoms with Crippen LogP contribution < -0.4 is 10.6 Å². The SMILES string of the molecule is CC(C)NC(=O)NCC1CCN(Cc2ccccc2)CC1. The van der Waals surface area contributed by atoms with Gasteiger partial charge in [-0.25, -0.2) is 4.79 Å². The largest absolute Gasteiger partial charge is 0.338 e. The van der Waals surface area contributed by atoms with Gasteiger partial charge in [-0.05, 0) is 51.3 Å². The van der Waals surface area contributed by atoms with E-state index in [1.54, 1.807) is 0 Å². The van der Waals surface area contributed by atoms with Crippen LogP contribution in [0, 0.1) is 5.92 Å². The Labute approximate surface area is 127 Å². The Morgan fingerprint density at radius 2 is 1.90 bits per heavy atom. The van der Waals surface area contributed by atoms with Crippen LogP contribution in [0.2, 0.25) is 0 Å². The van der Waals surface area contributed by atoms with Crippen LogP contribution in [-0.2, 0) is 6.54 Å². The van der Waals surface area contributed by atoms with Crippen LogP contribution in [0.25, 0.3) is 0 Å². The zero-order valence-electron chi connectivity index (χ0n) is 13.1. The highest BCUT2D eigenvalue weighted by Gasteiger charge is 2.19. The second-order valence-corrected chi connectivity index (χ2v) is 6.21. The number of hydrogen-bond acceptors (Lipinski definition) is 2. The predicted octanol–water partition coefficient (Wildman–Crippen LogP) is 2.61. The Hall–Kier alpha value is -1.55. The van der Waals surface area contributed by atoms with Crippen molar-refractivity contribution >= 4 is 6.03 Å². The van der Waals surface area contributed by atoms with Crippen LogP contribution in [0.5, 0.6) is 0 Å². The number of likely N-dealkylation sites (tertiary alicyclic amines) is 1. The molecule has 21 heavy (non-hydrogen) atoms. The molecular formula is C17H27N3O. The summed E-state index contributed by atoms with van der Waals surface area (Å²) in [5, 5.41) is 5.84. The molecule has 1 saturated heterocycles. The Kier molecular flexibility index (Phi) is 6.05. The monoisotopic (exact) mass is 289 g/mol. The number of urea groups is 1. The van der Waals surface area contributed by atoms with Gasteiger partial charge < -0.3 is 10.6 Å². The van der Waals surface area contributed by atoms with Crippen molar-refractivity contribution in [3.05, 3.63) is 35.9 Å². The van der Waals surface area contributed by atoms with Gasteiger partial charge in [0, 0.05) is 19.1 Å². The smallest absolute Gasteiger partial charge is 0.314 e.